The summed E-state index contributed by atoms with van der Waals surface area (Å²) in [5.74, 6) is 0.716. The van der Waals surface area contributed by atoms with Crippen LogP contribution in [-0.4, -0.2) is 15.2 Å². The fourth-order valence-electron chi connectivity index (χ4n) is 2.07. The van der Waals surface area contributed by atoms with Gasteiger partial charge in [0.05, 0.1) is 12.2 Å². The lowest BCUT2D eigenvalue weighted by Gasteiger charge is -2.08. The number of fused-ring (bicyclic) bond motifs is 1. The van der Waals surface area contributed by atoms with Crippen LogP contribution in [0.4, 0.5) is 5.82 Å². The van der Waals surface area contributed by atoms with Crippen LogP contribution in [0.5, 0.6) is 0 Å². The van der Waals surface area contributed by atoms with Gasteiger partial charge < -0.3 is 5.32 Å². The van der Waals surface area contributed by atoms with Gasteiger partial charge in [0.2, 0.25) is 0 Å². The van der Waals surface area contributed by atoms with Gasteiger partial charge in [0.25, 0.3) is 0 Å². The molecule has 0 fully saturated rings. The lowest BCUT2D eigenvalue weighted by atomic mass is 10.2. The minimum absolute atomic E-state index is 0.417. The third kappa shape index (κ3) is 2.56. The molecule has 100 valence electrons. The summed E-state index contributed by atoms with van der Waals surface area (Å²) in [6.45, 7) is 2.57. The number of aromatic nitrogens is 3. The van der Waals surface area contributed by atoms with Gasteiger partial charge in [-0.05, 0) is 19.1 Å². The van der Waals surface area contributed by atoms with Crippen LogP contribution < -0.4 is 5.32 Å². The number of hydrogen-bond acceptors (Lipinski definition) is 4. The second-order valence-corrected chi connectivity index (χ2v) is 4.87. The Morgan fingerprint density at radius 3 is 2.60 bits per heavy atom. The number of rotatable bonds is 3. The number of halogens is 1. The second-order valence-electron chi connectivity index (χ2n) is 4.51. The zero-order chi connectivity index (χ0) is 13.9. The van der Waals surface area contributed by atoms with E-state index in [2.05, 4.69) is 20.5 Å². The van der Waals surface area contributed by atoms with Crippen LogP contribution in [0.15, 0.2) is 42.5 Å². The summed E-state index contributed by atoms with van der Waals surface area (Å²) in [6, 6.07) is 13.7. The fraction of sp³-hybridized carbons (Fsp3) is 0.133. The molecule has 2 aromatic heterocycles. The molecule has 20 heavy (non-hydrogen) atoms. The monoisotopic (exact) mass is 284 g/mol. The maximum absolute atomic E-state index is 6.05. The molecule has 0 aliphatic rings. The molecule has 1 aromatic carbocycles. The SMILES string of the molecule is Cc1cccc(CNc2nnc(Cl)c3ccccc23)n1. The molecule has 3 rings (SSSR count). The van der Waals surface area contributed by atoms with Crippen LogP contribution in [-0.2, 0) is 6.54 Å². The lowest BCUT2D eigenvalue weighted by molar-refractivity contribution is 0.977. The van der Waals surface area contributed by atoms with Gasteiger partial charge in [-0.15, -0.1) is 10.2 Å². The lowest BCUT2D eigenvalue weighted by Crippen LogP contribution is -2.05. The van der Waals surface area contributed by atoms with Crippen molar-refractivity contribution >= 4 is 28.2 Å². The predicted molar refractivity (Wildman–Crippen MR) is 80.8 cm³/mol. The fourth-order valence-corrected chi connectivity index (χ4v) is 2.28. The first kappa shape index (κ1) is 12.8. The normalized spacial score (nSPS) is 10.7. The number of nitrogens with zero attached hydrogens (tertiary/aromatic N) is 3. The van der Waals surface area contributed by atoms with Crippen LogP contribution in [0.25, 0.3) is 10.8 Å². The quantitative estimate of drug-likeness (QED) is 0.798. The molecule has 0 aliphatic heterocycles. The average molecular weight is 285 g/mol. The van der Waals surface area contributed by atoms with Crippen LogP contribution >= 0.6 is 11.6 Å². The van der Waals surface area contributed by atoms with Crippen molar-refractivity contribution in [3.8, 4) is 0 Å². The van der Waals surface area contributed by atoms with E-state index in [9.17, 15) is 0 Å². The Bertz CT molecular complexity index is 758. The van der Waals surface area contributed by atoms with Crippen molar-refractivity contribution in [1.29, 1.82) is 0 Å². The Morgan fingerprint density at radius 2 is 1.80 bits per heavy atom. The topological polar surface area (TPSA) is 50.7 Å². The smallest absolute Gasteiger partial charge is 0.159 e. The predicted octanol–water partition coefficient (Wildman–Crippen LogP) is 3.60. The summed E-state index contributed by atoms with van der Waals surface area (Å²) in [4.78, 5) is 4.45. The summed E-state index contributed by atoms with van der Waals surface area (Å²) in [5.41, 5.74) is 1.96. The van der Waals surface area contributed by atoms with Crippen molar-refractivity contribution in [1.82, 2.24) is 15.2 Å². The van der Waals surface area contributed by atoms with Gasteiger partial charge in [-0.1, -0.05) is 41.9 Å². The highest BCUT2D eigenvalue weighted by atomic mass is 35.5. The Morgan fingerprint density at radius 1 is 1.00 bits per heavy atom. The molecular formula is C15H13ClN4. The summed E-state index contributed by atoms with van der Waals surface area (Å²) >= 11 is 6.05. The first-order valence-corrected chi connectivity index (χ1v) is 6.69. The summed E-state index contributed by atoms with van der Waals surface area (Å²) in [7, 11) is 0. The van der Waals surface area contributed by atoms with E-state index in [1.807, 2.05) is 49.4 Å². The van der Waals surface area contributed by atoms with Crippen LogP contribution in [0.1, 0.15) is 11.4 Å². The van der Waals surface area contributed by atoms with Gasteiger partial charge >= 0.3 is 0 Å². The molecule has 0 radical (unpaired) electrons. The van der Waals surface area contributed by atoms with Gasteiger partial charge in [0.15, 0.2) is 11.0 Å². The minimum atomic E-state index is 0.417. The number of benzene rings is 1. The molecule has 0 aliphatic carbocycles. The maximum atomic E-state index is 6.05. The third-order valence-electron chi connectivity index (χ3n) is 3.03. The van der Waals surface area contributed by atoms with Crippen LogP contribution in [0.3, 0.4) is 0 Å². The van der Waals surface area contributed by atoms with E-state index in [0.29, 0.717) is 17.5 Å². The van der Waals surface area contributed by atoms with Crippen molar-refractivity contribution < 1.29 is 0 Å². The number of pyridine rings is 1. The van der Waals surface area contributed by atoms with Gasteiger partial charge in [-0.2, -0.15) is 0 Å². The van der Waals surface area contributed by atoms with E-state index in [1.165, 1.54) is 0 Å². The van der Waals surface area contributed by atoms with Crippen molar-refractivity contribution in [3.63, 3.8) is 0 Å². The van der Waals surface area contributed by atoms with Gasteiger partial charge in [0.1, 0.15) is 0 Å². The highest BCUT2D eigenvalue weighted by Gasteiger charge is 2.07. The Kier molecular flexibility index (Phi) is 3.48. The zero-order valence-electron chi connectivity index (χ0n) is 11.0. The van der Waals surface area contributed by atoms with Crippen molar-refractivity contribution in [3.05, 3.63) is 59.0 Å². The number of hydrogen-bond donors (Lipinski definition) is 1. The molecule has 0 unspecified atom stereocenters. The molecule has 2 heterocycles. The van der Waals surface area contributed by atoms with E-state index in [-0.39, 0.29) is 0 Å². The largest absolute Gasteiger partial charge is 0.362 e. The molecule has 4 nitrogen and oxygen atoms in total. The molecule has 1 N–H and O–H groups in total. The van der Waals surface area contributed by atoms with E-state index in [0.717, 1.165) is 22.2 Å². The molecule has 0 spiro atoms. The maximum Gasteiger partial charge on any atom is 0.159 e. The molecular weight excluding hydrogens is 272 g/mol. The molecule has 0 saturated carbocycles. The minimum Gasteiger partial charge on any atom is -0.362 e. The van der Waals surface area contributed by atoms with E-state index in [1.54, 1.807) is 0 Å². The highest BCUT2D eigenvalue weighted by molar-refractivity contribution is 6.34. The highest BCUT2D eigenvalue weighted by Crippen LogP contribution is 2.25. The second kappa shape index (κ2) is 5.43. The standard InChI is InChI=1S/C15H13ClN4/c1-10-5-4-6-11(18-10)9-17-15-13-8-3-2-7-12(13)14(16)19-20-15/h2-8H,9H2,1H3,(H,17,20). The Hall–Kier alpha value is -2.20. The van der Waals surface area contributed by atoms with Crippen LogP contribution in [0, 0.1) is 6.92 Å². The summed E-state index contributed by atoms with van der Waals surface area (Å²) in [6.07, 6.45) is 0. The van der Waals surface area contributed by atoms with E-state index < -0.39 is 0 Å². The molecule has 0 amide bonds. The molecule has 5 heteroatoms. The van der Waals surface area contributed by atoms with Crippen molar-refractivity contribution in [2.24, 2.45) is 0 Å². The molecule has 3 aromatic rings. The summed E-state index contributed by atoms with van der Waals surface area (Å²) in [5, 5.41) is 13.6. The number of anilines is 1. The van der Waals surface area contributed by atoms with Crippen molar-refractivity contribution in [2.75, 3.05) is 5.32 Å². The van der Waals surface area contributed by atoms with Crippen LogP contribution in [0.2, 0.25) is 5.15 Å². The number of nitrogens with one attached hydrogen (secondary N) is 1. The van der Waals surface area contributed by atoms with Gasteiger partial charge in [0, 0.05) is 16.5 Å². The van der Waals surface area contributed by atoms with E-state index >= 15 is 0 Å². The van der Waals surface area contributed by atoms with Crippen molar-refractivity contribution in [2.45, 2.75) is 13.5 Å². The average Bonchev–Trinajstić information content (AvgIpc) is 2.47. The van der Waals surface area contributed by atoms with Gasteiger partial charge in [-0.25, -0.2) is 0 Å². The Balaban J connectivity index is 1.90. The Labute approximate surface area is 121 Å². The molecule has 0 saturated heterocycles. The number of aryl methyl sites for hydroxylation is 1. The van der Waals surface area contributed by atoms with E-state index in [4.69, 9.17) is 11.6 Å². The summed E-state index contributed by atoms with van der Waals surface area (Å²) < 4.78 is 0. The third-order valence-corrected chi connectivity index (χ3v) is 3.30. The molecule has 0 atom stereocenters. The molecule has 0 bridgehead atoms. The first-order chi connectivity index (χ1) is 9.74. The van der Waals surface area contributed by atoms with Gasteiger partial charge in [-0.3, -0.25) is 4.98 Å². The first-order valence-electron chi connectivity index (χ1n) is 6.31. The zero-order valence-corrected chi connectivity index (χ0v) is 11.7.